The normalized spacial score (nSPS) is 12.0. The van der Waals surface area contributed by atoms with Gasteiger partial charge in [-0.05, 0) is 50.2 Å². The first kappa shape index (κ1) is 20.1. The van der Waals surface area contributed by atoms with Crippen molar-refractivity contribution in [3.63, 3.8) is 0 Å². The molecule has 2 heterocycles. The number of hydrogen-bond acceptors (Lipinski definition) is 6. The monoisotopic (exact) mass is 427 g/mol. The zero-order chi connectivity index (χ0) is 21.6. The van der Waals surface area contributed by atoms with Crippen LogP contribution in [0.25, 0.3) is 33.4 Å². The highest BCUT2D eigenvalue weighted by atomic mass is 32.2. The average molecular weight is 427 g/mol. The number of nitrogens with zero attached hydrogens (tertiary/aromatic N) is 3. The van der Waals surface area contributed by atoms with Gasteiger partial charge >= 0.3 is 5.63 Å². The Morgan fingerprint density at radius 2 is 1.83 bits per heavy atom. The van der Waals surface area contributed by atoms with E-state index in [1.165, 1.54) is 18.2 Å². The largest absolute Gasteiger partial charge is 0.422 e. The molecule has 4 rings (SSSR count). The molecule has 0 aliphatic heterocycles. The Bertz CT molecular complexity index is 1430. The lowest BCUT2D eigenvalue weighted by Gasteiger charge is -2.21. The minimum absolute atomic E-state index is 0.237. The molecular weight excluding hydrogens is 406 g/mol. The van der Waals surface area contributed by atoms with Gasteiger partial charge in [-0.25, -0.2) is 9.78 Å². The van der Waals surface area contributed by atoms with Crippen LogP contribution in [-0.2, 0) is 17.2 Å². The van der Waals surface area contributed by atoms with Crippen LogP contribution < -0.4 is 10.5 Å². The molecule has 1 N–H and O–H groups in total. The molecule has 0 fully saturated rings. The Balaban J connectivity index is 1.88. The summed E-state index contributed by atoms with van der Waals surface area (Å²) in [4.78, 5) is 19.1. The molecule has 156 valence electrons. The molecule has 0 saturated carbocycles. The summed E-state index contributed by atoms with van der Waals surface area (Å²) in [5, 5.41) is 0.756. The van der Waals surface area contributed by atoms with E-state index in [2.05, 4.69) is 23.7 Å². The summed E-state index contributed by atoms with van der Waals surface area (Å²) in [6.07, 6.45) is 0. The van der Waals surface area contributed by atoms with Gasteiger partial charge in [-0.2, -0.15) is 8.42 Å². The molecule has 0 aliphatic rings. The summed E-state index contributed by atoms with van der Waals surface area (Å²) in [7, 11) is -2.67. The molecule has 0 radical (unpaired) electrons. The van der Waals surface area contributed by atoms with Gasteiger partial charge in [0.2, 0.25) is 0 Å². The molecule has 4 aromatic rings. The second-order valence-corrected chi connectivity index (χ2v) is 8.38. The van der Waals surface area contributed by atoms with Crippen LogP contribution in [-0.4, -0.2) is 35.6 Å². The summed E-state index contributed by atoms with van der Waals surface area (Å²) in [5.41, 5.74) is 2.16. The summed E-state index contributed by atoms with van der Waals surface area (Å²) in [5.74, 6) is 0.348. The van der Waals surface area contributed by atoms with Gasteiger partial charge in [0, 0.05) is 37.3 Å². The first-order valence-corrected chi connectivity index (χ1v) is 10.9. The van der Waals surface area contributed by atoms with Gasteiger partial charge in [0.15, 0.2) is 0 Å². The third-order valence-electron chi connectivity index (χ3n) is 5.24. The first-order valence-electron chi connectivity index (χ1n) is 9.50. The van der Waals surface area contributed by atoms with Crippen LogP contribution in [0.2, 0.25) is 0 Å². The number of hydrogen-bond donors (Lipinski definition) is 1. The molecule has 0 saturated heterocycles. The molecule has 0 amide bonds. The van der Waals surface area contributed by atoms with Crippen molar-refractivity contribution in [1.82, 2.24) is 9.55 Å². The van der Waals surface area contributed by atoms with Crippen LogP contribution in [0, 0.1) is 0 Å². The third-order valence-corrected chi connectivity index (χ3v) is 6.09. The van der Waals surface area contributed by atoms with E-state index < -0.39 is 15.7 Å². The number of rotatable bonds is 5. The molecular formula is C21H21N3O5S. The number of benzene rings is 2. The van der Waals surface area contributed by atoms with Gasteiger partial charge in [-0.3, -0.25) is 4.55 Å². The van der Waals surface area contributed by atoms with Crippen molar-refractivity contribution >= 4 is 37.8 Å². The quantitative estimate of drug-likeness (QED) is 0.384. The molecule has 0 spiro atoms. The van der Waals surface area contributed by atoms with E-state index in [0.717, 1.165) is 24.2 Å². The van der Waals surface area contributed by atoms with Crippen molar-refractivity contribution < 1.29 is 17.4 Å². The van der Waals surface area contributed by atoms with Gasteiger partial charge < -0.3 is 13.9 Å². The zero-order valence-electron chi connectivity index (χ0n) is 16.8. The highest BCUT2D eigenvalue weighted by Gasteiger charge is 2.18. The fraction of sp³-hybridized carbons (Fsp3) is 0.238. The Labute approximate surface area is 173 Å². The zero-order valence-corrected chi connectivity index (χ0v) is 17.6. The molecule has 2 aromatic heterocycles. The Kier molecular flexibility index (Phi) is 4.87. The van der Waals surface area contributed by atoms with E-state index in [0.29, 0.717) is 22.4 Å². The van der Waals surface area contributed by atoms with Crippen LogP contribution >= 0.6 is 0 Å². The van der Waals surface area contributed by atoms with Crippen molar-refractivity contribution in [3.8, 4) is 11.4 Å². The van der Waals surface area contributed by atoms with E-state index in [9.17, 15) is 17.8 Å². The molecule has 2 aromatic carbocycles. The molecule has 30 heavy (non-hydrogen) atoms. The van der Waals surface area contributed by atoms with Crippen LogP contribution in [0.4, 0.5) is 5.69 Å². The molecule has 0 unspecified atom stereocenters. The van der Waals surface area contributed by atoms with Crippen LogP contribution in [0.1, 0.15) is 13.8 Å². The Morgan fingerprint density at radius 3 is 2.50 bits per heavy atom. The maximum atomic E-state index is 12.7. The van der Waals surface area contributed by atoms with E-state index in [-0.39, 0.29) is 10.5 Å². The fourth-order valence-corrected chi connectivity index (χ4v) is 4.11. The maximum Gasteiger partial charge on any atom is 0.347 e. The lowest BCUT2D eigenvalue weighted by Crippen LogP contribution is -2.21. The lowest BCUT2D eigenvalue weighted by molar-refractivity contribution is 0.483. The van der Waals surface area contributed by atoms with E-state index in [1.54, 1.807) is 17.7 Å². The summed E-state index contributed by atoms with van der Waals surface area (Å²) < 4.78 is 39.4. The fourth-order valence-electron chi connectivity index (χ4n) is 3.61. The topological polar surface area (TPSA) is 106 Å². The van der Waals surface area contributed by atoms with Crippen molar-refractivity contribution in [3.05, 3.63) is 52.9 Å². The minimum Gasteiger partial charge on any atom is -0.422 e. The number of aromatic nitrogens is 2. The minimum atomic E-state index is -4.34. The SMILES string of the molecule is CCN(CC)c1ccc2cc(-c3nc4ccc(S(=O)(=O)O)cc4n3C)c(=O)oc2c1. The van der Waals surface area contributed by atoms with Crippen molar-refractivity contribution in [2.75, 3.05) is 18.0 Å². The number of anilines is 1. The molecule has 9 heteroatoms. The van der Waals surface area contributed by atoms with Crippen LogP contribution in [0.15, 0.2) is 56.6 Å². The van der Waals surface area contributed by atoms with E-state index in [4.69, 9.17) is 4.42 Å². The highest BCUT2D eigenvalue weighted by molar-refractivity contribution is 7.85. The summed E-state index contributed by atoms with van der Waals surface area (Å²) in [6, 6.07) is 11.5. The maximum absolute atomic E-state index is 12.7. The van der Waals surface area contributed by atoms with Gasteiger partial charge in [-0.1, -0.05) is 0 Å². The van der Waals surface area contributed by atoms with Crippen molar-refractivity contribution in [2.45, 2.75) is 18.7 Å². The second kappa shape index (κ2) is 7.26. The molecule has 0 bridgehead atoms. The Morgan fingerprint density at radius 1 is 1.10 bits per heavy atom. The van der Waals surface area contributed by atoms with Crippen LogP contribution in [0.5, 0.6) is 0 Å². The van der Waals surface area contributed by atoms with Gasteiger partial charge in [0.1, 0.15) is 17.0 Å². The van der Waals surface area contributed by atoms with Crippen molar-refractivity contribution in [2.24, 2.45) is 7.05 Å². The summed E-state index contributed by atoms with van der Waals surface area (Å²) >= 11 is 0. The average Bonchev–Trinajstić information content (AvgIpc) is 3.03. The Hall–Kier alpha value is -3.17. The van der Waals surface area contributed by atoms with E-state index in [1.807, 2.05) is 18.2 Å². The molecule has 8 nitrogen and oxygen atoms in total. The predicted molar refractivity (Wildman–Crippen MR) is 116 cm³/mol. The number of fused-ring (bicyclic) bond motifs is 2. The van der Waals surface area contributed by atoms with Crippen LogP contribution in [0.3, 0.4) is 0 Å². The number of aryl methyl sites for hydroxylation is 1. The van der Waals surface area contributed by atoms with Gasteiger partial charge in [0.05, 0.1) is 15.9 Å². The van der Waals surface area contributed by atoms with Gasteiger partial charge in [0.25, 0.3) is 10.1 Å². The van der Waals surface area contributed by atoms with E-state index >= 15 is 0 Å². The second-order valence-electron chi connectivity index (χ2n) is 6.96. The van der Waals surface area contributed by atoms with Gasteiger partial charge in [-0.15, -0.1) is 0 Å². The van der Waals surface area contributed by atoms with Crippen molar-refractivity contribution in [1.29, 1.82) is 0 Å². The number of imidazole rings is 1. The summed E-state index contributed by atoms with van der Waals surface area (Å²) in [6.45, 7) is 5.81. The lowest BCUT2D eigenvalue weighted by atomic mass is 10.1. The predicted octanol–water partition coefficient (Wildman–Crippen LogP) is 3.44. The molecule has 0 aliphatic carbocycles. The third kappa shape index (κ3) is 3.35. The first-order chi connectivity index (χ1) is 14.2. The smallest absolute Gasteiger partial charge is 0.347 e. The molecule has 0 atom stereocenters. The highest BCUT2D eigenvalue weighted by Crippen LogP contribution is 2.27. The standard InChI is InChI=1S/C21H21N3O5S/c1-4-24(5-2)14-7-6-13-10-16(21(25)29-19(13)11-14)20-22-17-9-8-15(30(26,27)28)12-18(17)23(20)3/h6-12H,4-5H2,1-3H3,(H,26,27,28).